The van der Waals surface area contributed by atoms with Crippen molar-refractivity contribution in [1.29, 1.82) is 0 Å². The lowest BCUT2D eigenvalue weighted by Crippen LogP contribution is -2.35. The van der Waals surface area contributed by atoms with Crippen molar-refractivity contribution in [2.24, 2.45) is 4.99 Å². The molecule has 1 unspecified atom stereocenters. The fourth-order valence-corrected chi connectivity index (χ4v) is 3.37. The summed E-state index contributed by atoms with van der Waals surface area (Å²) in [6, 6.07) is 13.1. The average molecular weight is 352 g/mol. The number of rotatable bonds is 4. The predicted molar refractivity (Wildman–Crippen MR) is 97.4 cm³/mol. The Balaban J connectivity index is 1.65. The number of ether oxygens (including phenoxy) is 2. The van der Waals surface area contributed by atoms with Gasteiger partial charge >= 0.3 is 0 Å². The number of aliphatic hydroxyl groups excluding tert-OH is 1. The lowest BCUT2D eigenvalue weighted by atomic mass is 10.1. The number of aliphatic imine (C=N–C) groups is 1. The quantitative estimate of drug-likeness (QED) is 0.918. The second-order valence-electron chi connectivity index (χ2n) is 6.49. The summed E-state index contributed by atoms with van der Waals surface area (Å²) >= 11 is 0. The van der Waals surface area contributed by atoms with Crippen LogP contribution in [0.4, 0.5) is 5.69 Å². The summed E-state index contributed by atoms with van der Waals surface area (Å²) in [7, 11) is 1.55. The first kappa shape index (κ1) is 16.6. The van der Waals surface area contributed by atoms with Gasteiger partial charge in [0.2, 0.25) is 0 Å². The van der Waals surface area contributed by atoms with Crippen molar-refractivity contribution < 1.29 is 19.4 Å². The Morgan fingerprint density at radius 1 is 1.23 bits per heavy atom. The molecule has 0 saturated carbocycles. The van der Waals surface area contributed by atoms with Crippen LogP contribution in [0.2, 0.25) is 0 Å². The Labute approximate surface area is 151 Å². The van der Waals surface area contributed by atoms with E-state index in [0.717, 1.165) is 5.56 Å². The molecule has 0 aromatic heterocycles. The summed E-state index contributed by atoms with van der Waals surface area (Å²) < 4.78 is 11.3. The highest BCUT2D eigenvalue weighted by Gasteiger charge is 2.36. The Morgan fingerprint density at radius 2 is 2.04 bits per heavy atom. The summed E-state index contributed by atoms with van der Waals surface area (Å²) in [6.45, 7) is 0.720. The lowest BCUT2D eigenvalue weighted by Gasteiger charge is -2.20. The van der Waals surface area contributed by atoms with Crippen molar-refractivity contribution >= 4 is 17.8 Å². The van der Waals surface area contributed by atoms with Crippen molar-refractivity contribution in [2.45, 2.75) is 25.2 Å². The molecule has 1 amide bonds. The van der Waals surface area contributed by atoms with Crippen LogP contribution in [0.5, 0.6) is 11.5 Å². The number of benzene rings is 2. The van der Waals surface area contributed by atoms with E-state index >= 15 is 0 Å². The maximum absolute atomic E-state index is 12.9. The summed E-state index contributed by atoms with van der Waals surface area (Å²) in [5.41, 5.74) is 2.06. The van der Waals surface area contributed by atoms with Gasteiger partial charge in [-0.25, -0.2) is 0 Å². The summed E-state index contributed by atoms with van der Waals surface area (Å²) in [6.07, 6.45) is 1.73. The summed E-state index contributed by atoms with van der Waals surface area (Å²) in [5.74, 6) is 0.885. The van der Waals surface area contributed by atoms with Crippen LogP contribution in [0, 0.1) is 0 Å². The normalized spacial score (nSPS) is 21.2. The highest BCUT2D eigenvalue weighted by molar-refractivity contribution is 6.03. The minimum Gasteiger partial charge on any atom is -0.493 e. The van der Waals surface area contributed by atoms with Crippen molar-refractivity contribution in [3.8, 4) is 11.5 Å². The number of aliphatic hydroxyl groups is 1. The molecule has 2 aromatic carbocycles. The molecule has 6 heteroatoms. The number of carbonyl (C=O) groups excluding carboxylic acids is 1. The van der Waals surface area contributed by atoms with Crippen LogP contribution in [0.15, 0.2) is 47.5 Å². The van der Waals surface area contributed by atoms with Crippen LogP contribution in [-0.2, 0) is 6.61 Å². The van der Waals surface area contributed by atoms with Gasteiger partial charge in [0.1, 0.15) is 6.61 Å². The van der Waals surface area contributed by atoms with Crippen LogP contribution >= 0.6 is 0 Å². The summed E-state index contributed by atoms with van der Waals surface area (Å²) in [4.78, 5) is 19.0. The van der Waals surface area contributed by atoms with E-state index in [1.807, 2.05) is 30.3 Å². The van der Waals surface area contributed by atoms with Crippen molar-refractivity contribution in [3.63, 3.8) is 0 Å². The van der Waals surface area contributed by atoms with Crippen molar-refractivity contribution in [2.75, 3.05) is 13.7 Å². The van der Waals surface area contributed by atoms with Crippen LogP contribution in [0.25, 0.3) is 0 Å². The molecule has 2 aliphatic rings. The molecule has 2 heterocycles. The minimum atomic E-state index is -0.507. The van der Waals surface area contributed by atoms with Crippen molar-refractivity contribution in [3.05, 3.63) is 53.6 Å². The molecule has 2 aliphatic heterocycles. The summed E-state index contributed by atoms with van der Waals surface area (Å²) in [5, 5.41) is 9.84. The smallest absolute Gasteiger partial charge is 0.256 e. The second kappa shape index (κ2) is 6.80. The van der Waals surface area contributed by atoms with Crippen molar-refractivity contribution in [1.82, 2.24) is 4.90 Å². The highest BCUT2D eigenvalue weighted by Crippen LogP contribution is 2.38. The number of amides is 1. The Bertz CT molecular complexity index is 850. The molecule has 2 aromatic rings. The molecule has 0 aliphatic carbocycles. The van der Waals surface area contributed by atoms with Gasteiger partial charge in [-0.1, -0.05) is 30.3 Å². The third-order valence-electron chi connectivity index (χ3n) is 4.72. The van der Waals surface area contributed by atoms with E-state index < -0.39 is 6.10 Å². The number of nitrogens with zero attached hydrogens (tertiary/aromatic N) is 2. The molecule has 2 atom stereocenters. The zero-order valence-corrected chi connectivity index (χ0v) is 14.5. The average Bonchev–Trinajstić information content (AvgIpc) is 3.00. The topological polar surface area (TPSA) is 71.4 Å². The molecule has 26 heavy (non-hydrogen) atoms. The lowest BCUT2D eigenvalue weighted by molar-refractivity contribution is 0.0749. The monoisotopic (exact) mass is 352 g/mol. The van der Waals surface area contributed by atoms with E-state index in [1.165, 1.54) is 0 Å². The van der Waals surface area contributed by atoms with Gasteiger partial charge in [-0.15, -0.1) is 0 Å². The van der Waals surface area contributed by atoms with E-state index in [9.17, 15) is 9.90 Å². The van der Waals surface area contributed by atoms with Gasteiger partial charge in [0, 0.05) is 25.2 Å². The standard InChI is InChI=1S/C20H20N2O4/c1-25-18-8-16-17(9-19(18)26-12-13-5-3-2-4-6-13)21-10-14-7-15(23)11-22(14)20(16)24/h2-6,8-10,14-15,23H,7,11-12H2,1H3/t14?,15-/m1/s1. The number of carbonyl (C=O) groups is 1. The number of hydrogen-bond acceptors (Lipinski definition) is 5. The zero-order valence-electron chi connectivity index (χ0n) is 14.5. The fourth-order valence-electron chi connectivity index (χ4n) is 3.37. The largest absolute Gasteiger partial charge is 0.493 e. The molecular weight excluding hydrogens is 332 g/mol. The van der Waals surface area contributed by atoms with Crippen LogP contribution in [0.3, 0.4) is 0 Å². The molecule has 6 nitrogen and oxygen atoms in total. The molecule has 134 valence electrons. The minimum absolute atomic E-state index is 0.146. The Hall–Kier alpha value is -2.86. The van der Waals surface area contributed by atoms with E-state index in [4.69, 9.17) is 9.47 Å². The van der Waals surface area contributed by atoms with Gasteiger partial charge in [-0.3, -0.25) is 9.79 Å². The number of fused-ring (bicyclic) bond motifs is 2. The van der Waals surface area contributed by atoms with Gasteiger partial charge in [-0.05, 0) is 11.6 Å². The van der Waals surface area contributed by atoms with Gasteiger partial charge in [0.15, 0.2) is 11.5 Å². The first-order valence-corrected chi connectivity index (χ1v) is 8.57. The van der Waals surface area contributed by atoms with Crippen LogP contribution in [0.1, 0.15) is 22.3 Å². The highest BCUT2D eigenvalue weighted by atomic mass is 16.5. The number of hydrogen-bond donors (Lipinski definition) is 1. The van der Waals surface area contributed by atoms with Crippen LogP contribution < -0.4 is 9.47 Å². The maximum atomic E-state index is 12.9. The molecule has 1 fully saturated rings. The zero-order chi connectivity index (χ0) is 18.1. The van der Waals surface area contributed by atoms with Gasteiger partial charge in [0.05, 0.1) is 30.5 Å². The molecular formula is C20H20N2O4. The number of methoxy groups -OCH3 is 1. The molecule has 4 rings (SSSR count). The fraction of sp³-hybridized carbons (Fsp3) is 0.300. The van der Waals surface area contributed by atoms with E-state index in [0.29, 0.717) is 42.3 Å². The van der Waals surface area contributed by atoms with E-state index in [2.05, 4.69) is 4.99 Å². The molecule has 0 spiro atoms. The van der Waals surface area contributed by atoms with Gasteiger partial charge in [-0.2, -0.15) is 0 Å². The predicted octanol–water partition coefficient (Wildman–Crippen LogP) is 2.57. The SMILES string of the molecule is COc1cc2c(cc1OCc1ccccc1)N=CC1C[C@@H](O)CN1C2=O. The van der Waals surface area contributed by atoms with E-state index in [-0.39, 0.29) is 11.9 Å². The Morgan fingerprint density at radius 3 is 2.81 bits per heavy atom. The second-order valence-corrected chi connectivity index (χ2v) is 6.49. The van der Waals surface area contributed by atoms with Gasteiger partial charge in [0.25, 0.3) is 5.91 Å². The first-order chi connectivity index (χ1) is 12.7. The maximum Gasteiger partial charge on any atom is 0.256 e. The Kier molecular flexibility index (Phi) is 4.34. The van der Waals surface area contributed by atoms with Crippen LogP contribution in [-0.4, -0.2) is 47.9 Å². The third-order valence-corrected chi connectivity index (χ3v) is 4.72. The molecule has 1 N–H and O–H groups in total. The molecule has 1 saturated heterocycles. The van der Waals surface area contributed by atoms with Gasteiger partial charge < -0.3 is 19.5 Å². The third kappa shape index (κ3) is 3.04. The molecule has 0 bridgehead atoms. The van der Waals surface area contributed by atoms with E-state index in [1.54, 1.807) is 30.4 Å². The first-order valence-electron chi connectivity index (χ1n) is 8.57. The molecule has 0 radical (unpaired) electrons.